The first kappa shape index (κ1) is 13.3. The molecule has 0 aromatic heterocycles. The molecule has 1 atom stereocenters. The van der Waals surface area contributed by atoms with Crippen LogP contribution in [0, 0.1) is 0 Å². The quantitative estimate of drug-likeness (QED) is 0.902. The maximum Gasteiger partial charge on any atom is 0.161 e. The molecule has 16 heavy (non-hydrogen) atoms. The van der Waals surface area contributed by atoms with Crippen molar-refractivity contribution in [2.24, 2.45) is 5.73 Å². The highest BCUT2D eigenvalue weighted by atomic mass is 79.9. The molecule has 0 aliphatic rings. The van der Waals surface area contributed by atoms with Gasteiger partial charge in [-0.1, -0.05) is 15.9 Å². The predicted octanol–water partition coefficient (Wildman–Crippen LogP) is 2.11. The highest BCUT2D eigenvalue weighted by molar-refractivity contribution is 9.10. The number of rotatable bonds is 5. The maximum atomic E-state index is 5.63. The summed E-state index contributed by atoms with van der Waals surface area (Å²) >= 11 is 3.46. The zero-order chi connectivity index (χ0) is 12.1. The number of benzene rings is 1. The average molecular weight is 290 g/mol. The Morgan fingerprint density at radius 3 is 2.19 bits per heavy atom. The van der Waals surface area contributed by atoms with Crippen LogP contribution in [0.1, 0.15) is 11.7 Å². The molecular weight excluding hydrogens is 274 g/mol. The van der Waals surface area contributed by atoms with Crippen LogP contribution < -0.4 is 15.2 Å². The van der Waals surface area contributed by atoms with Crippen LogP contribution in [0.4, 0.5) is 0 Å². The van der Waals surface area contributed by atoms with Gasteiger partial charge in [-0.15, -0.1) is 0 Å². The minimum absolute atomic E-state index is 0.158. The lowest BCUT2D eigenvalue weighted by molar-refractivity contribution is 0.109. The Balaban J connectivity index is 3.19. The Hall–Kier alpha value is -0.780. The third-order valence-corrected chi connectivity index (χ3v) is 3.04. The van der Waals surface area contributed by atoms with Crippen molar-refractivity contribution in [3.8, 4) is 11.5 Å². The lowest BCUT2D eigenvalue weighted by Gasteiger charge is -2.17. The molecule has 0 aliphatic heterocycles. The molecule has 5 heteroatoms. The standard InChI is InChI=1S/C11H16BrNO3/c1-14-9-4-7(11(6-13)16-3)8(12)5-10(9)15-2/h4-5,11H,6,13H2,1-3H3. The molecule has 0 fully saturated rings. The zero-order valence-corrected chi connectivity index (χ0v) is 11.2. The second kappa shape index (κ2) is 6.08. The van der Waals surface area contributed by atoms with Crippen molar-refractivity contribution >= 4 is 15.9 Å². The molecule has 0 saturated carbocycles. The molecule has 0 heterocycles. The van der Waals surface area contributed by atoms with Crippen molar-refractivity contribution < 1.29 is 14.2 Å². The normalized spacial score (nSPS) is 12.3. The van der Waals surface area contributed by atoms with Crippen molar-refractivity contribution in [3.63, 3.8) is 0 Å². The Labute approximate surface area is 104 Å². The summed E-state index contributed by atoms with van der Waals surface area (Å²) < 4.78 is 16.6. The van der Waals surface area contributed by atoms with Gasteiger partial charge in [0, 0.05) is 23.7 Å². The highest BCUT2D eigenvalue weighted by Gasteiger charge is 2.16. The fourth-order valence-electron chi connectivity index (χ4n) is 1.47. The van der Waals surface area contributed by atoms with Crippen LogP contribution in [0.5, 0.6) is 11.5 Å². The Bertz CT molecular complexity index is 353. The lowest BCUT2D eigenvalue weighted by Crippen LogP contribution is -2.14. The first-order valence-electron chi connectivity index (χ1n) is 4.82. The topological polar surface area (TPSA) is 53.7 Å². The number of hydrogen-bond donors (Lipinski definition) is 1. The van der Waals surface area contributed by atoms with Crippen LogP contribution in [-0.4, -0.2) is 27.9 Å². The van der Waals surface area contributed by atoms with E-state index in [2.05, 4.69) is 15.9 Å². The van der Waals surface area contributed by atoms with Gasteiger partial charge in [-0.25, -0.2) is 0 Å². The van der Waals surface area contributed by atoms with E-state index in [0.29, 0.717) is 18.0 Å². The van der Waals surface area contributed by atoms with Crippen molar-refractivity contribution in [2.75, 3.05) is 27.9 Å². The molecule has 1 aromatic carbocycles. The Kier molecular flexibility index (Phi) is 5.05. The molecule has 90 valence electrons. The summed E-state index contributed by atoms with van der Waals surface area (Å²) in [5.41, 5.74) is 6.58. The van der Waals surface area contributed by atoms with E-state index in [-0.39, 0.29) is 6.10 Å². The van der Waals surface area contributed by atoms with Crippen molar-refractivity contribution in [1.82, 2.24) is 0 Å². The minimum atomic E-state index is -0.158. The molecule has 0 radical (unpaired) electrons. The Morgan fingerprint density at radius 2 is 1.75 bits per heavy atom. The number of halogens is 1. The van der Waals surface area contributed by atoms with Gasteiger partial charge >= 0.3 is 0 Å². The molecule has 0 aliphatic carbocycles. The molecule has 0 saturated heterocycles. The summed E-state index contributed by atoms with van der Waals surface area (Å²) in [4.78, 5) is 0. The molecule has 1 unspecified atom stereocenters. The van der Waals surface area contributed by atoms with Gasteiger partial charge in [0.2, 0.25) is 0 Å². The van der Waals surface area contributed by atoms with Crippen LogP contribution in [-0.2, 0) is 4.74 Å². The van der Waals surface area contributed by atoms with E-state index in [4.69, 9.17) is 19.9 Å². The molecule has 0 spiro atoms. The van der Waals surface area contributed by atoms with Gasteiger partial charge in [-0.3, -0.25) is 0 Å². The summed E-state index contributed by atoms with van der Waals surface area (Å²) in [5.74, 6) is 1.33. The smallest absolute Gasteiger partial charge is 0.161 e. The summed E-state index contributed by atoms with van der Waals surface area (Å²) in [6.07, 6.45) is -0.158. The van der Waals surface area contributed by atoms with E-state index in [1.54, 1.807) is 21.3 Å². The summed E-state index contributed by atoms with van der Waals surface area (Å²) in [5, 5.41) is 0. The van der Waals surface area contributed by atoms with Gasteiger partial charge in [0.15, 0.2) is 11.5 Å². The molecule has 1 aromatic rings. The van der Waals surface area contributed by atoms with Crippen molar-refractivity contribution in [1.29, 1.82) is 0 Å². The molecule has 4 nitrogen and oxygen atoms in total. The molecule has 1 rings (SSSR count). The second-order valence-electron chi connectivity index (χ2n) is 3.19. The van der Waals surface area contributed by atoms with Crippen LogP contribution in [0.15, 0.2) is 16.6 Å². The van der Waals surface area contributed by atoms with Gasteiger partial charge in [0.1, 0.15) is 0 Å². The number of nitrogens with two attached hydrogens (primary N) is 1. The zero-order valence-electron chi connectivity index (χ0n) is 9.62. The van der Waals surface area contributed by atoms with Crippen LogP contribution in [0.3, 0.4) is 0 Å². The van der Waals surface area contributed by atoms with E-state index in [1.165, 1.54) is 0 Å². The fraction of sp³-hybridized carbons (Fsp3) is 0.455. The molecular formula is C11H16BrNO3. The maximum absolute atomic E-state index is 5.63. The first-order chi connectivity index (χ1) is 7.67. The van der Waals surface area contributed by atoms with Gasteiger partial charge < -0.3 is 19.9 Å². The van der Waals surface area contributed by atoms with Crippen molar-refractivity contribution in [3.05, 3.63) is 22.2 Å². The monoisotopic (exact) mass is 289 g/mol. The number of ether oxygens (including phenoxy) is 3. The van der Waals surface area contributed by atoms with Gasteiger partial charge in [0.05, 0.1) is 20.3 Å². The summed E-state index contributed by atoms with van der Waals surface area (Å²) in [6, 6.07) is 3.71. The second-order valence-corrected chi connectivity index (χ2v) is 4.04. The van der Waals surface area contributed by atoms with E-state index >= 15 is 0 Å². The summed E-state index contributed by atoms with van der Waals surface area (Å²) in [7, 11) is 4.82. The fourth-order valence-corrected chi connectivity index (χ4v) is 2.04. The van der Waals surface area contributed by atoms with Crippen LogP contribution in [0.25, 0.3) is 0 Å². The third kappa shape index (κ3) is 2.66. The minimum Gasteiger partial charge on any atom is -0.493 e. The first-order valence-corrected chi connectivity index (χ1v) is 5.61. The average Bonchev–Trinajstić information content (AvgIpc) is 2.32. The summed E-state index contributed by atoms with van der Waals surface area (Å²) in [6.45, 7) is 0.407. The van der Waals surface area contributed by atoms with E-state index < -0.39 is 0 Å². The van der Waals surface area contributed by atoms with E-state index in [0.717, 1.165) is 10.0 Å². The highest BCUT2D eigenvalue weighted by Crippen LogP contribution is 2.36. The van der Waals surface area contributed by atoms with Crippen molar-refractivity contribution in [2.45, 2.75) is 6.10 Å². The molecule has 2 N–H and O–H groups in total. The molecule has 0 bridgehead atoms. The molecule has 0 amide bonds. The van der Waals surface area contributed by atoms with Gasteiger partial charge in [0.25, 0.3) is 0 Å². The van der Waals surface area contributed by atoms with Gasteiger partial charge in [-0.2, -0.15) is 0 Å². The SMILES string of the molecule is COc1cc(Br)c(C(CN)OC)cc1OC. The third-order valence-electron chi connectivity index (χ3n) is 2.35. The number of methoxy groups -OCH3 is 3. The lowest BCUT2D eigenvalue weighted by atomic mass is 10.1. The van der Waals surface area contributed by atoms with E-state index in [9.17, 15) is 0 Å². The number of hydrogen-bond acceptors (Lipinski definition) is 4. The predicted molar refractivity (Wildman–Crippen MR) is 66.1 cm³/mol. The van der Waals surface area contributed by atoms with Gasteiger partial charge in [-0.05, 0) is 12.1 Å². The largest absolute Gasteiger partial charge is 0.493 e. The van der Waals surface area contributed by atoms with E-state index in [1.807, 2.05) is 12.1 Å². The van der Waals surface area contributed by atoms with Crippen LogP contribution >= 0.6 is 15.9 Å². The Morgan fingerprint density at radius 1 is 1.19 bits per heavy atom. The van der Waals surface area contributed by atoms with Crippen LogP contribution in [0.2, 0.25) is 0 Å².